The Morgan fingerprint density at radius 2 is 2.19 bits per heavy atom. The van der Waals surface area contributed by atoms with Crippen molar-refractivity contribution in [1.82, 2.24) is 4.98 Å². The number of nitrogens with zero attached hydrogens (tertiary/aromatic N) is 1. The first-order valence-corrected chi connectivity index (χ1v) is 6.66. The molecule has 0 aliphatic heterocycles. The molecule has 0 bridgehead atoms. The Balaban J connectivity index is 2.36. The molecule has 116 valence electrons. The van der Waals surface area contributed by atoms with Gasteiger partial charge in [0.1, 0.15) is 11.6 Å². The van der Waals surface area contributed by atoms with E-state index in [1.165, 1.54) is 0 Å². The second-order valence-corrected chi connectivity index (χ2v) is 4.82. The van der Waals surface area contributed by atoms with E-state index >= 15 is 0 Å². The van der Waals surface area contributed by atoms with Crippen molar-refractivity contribution in [2.75, 3.05) is 19.0 Å². The van der Waals surface area contributed by atoms with E-state index in [9.17, 15) is 13.6 Å². The number of alkyl halides is 2. The Labute approximate surface area is 123 Å². The van der Waals surface area contributed by atoms with Crippen LogP contribution in [0.4, 0.5) is 14.6 Å². The van der Waals surface area contributed by atoms with E-state index < -0.39 is 5.92 Å². The van der Waals surface area contributed by atoms with Crippen molar-refractivity contribution in [3.05, 3.63) is 30.0 Å². The topological polar surface area (TPSA) is 51.2 Å². The summed E-state index contributed by atoms with van der Waals surface area (Å²) in [5, 5.41) is 3.07. The lowest BCUT2D eigenvalue weighted by molar-refractivity contribution is -0.114. The molecule has 1 aromatic heterocycles. The fourth-order valence-corrected chi connectivity index (χ4v) is 1.65. The summed E-state index contributed by atoms with van der Waals surface area (Å²) in [5.74, 6) is -1.90. The molecule has 21 heavy (non-hydrogen) atoms. The van der Waals surface area contributed by atoms with Gasteiger partial charge >= 0.3 is 0 Å². The number of hydrogen-bond donors (Lipinski definition) is 1. The molecule has 0 aromatic carbocycles. The third-order valence-electron chi connectivity index (χ3n) is 2.63. The van der Waals surface area contributed by atoms with Gasteiger partial charge in [0.2, 0.25) is 0 Å². The molecular weight excluding hydrogens is 278 g/mol. The van der Waals surface area contributed by atoms with Crippen LogP contribution >= 0.6 is 0 Å². The molecule has 4 nitrogen and oxygen atoms in total. The third kappa shape index (κ3) is 7.39. The highest BCUT2D eigenvalue weighted by atomic mass is 19.3. The summed E-state index contributed by atoms with van der Waals surface area (Å²) in [5.41, 5.74) is 0.820. The minimum absolute atomic E-state index is 0.211. The lowest BCUT2D eigenvalue weighted by Crippen LogP contribution is -2.08. The van der Waals surface area contributed by atoms with Gasteiger partial charge in [-0.15, -0.1) is 0 Å². The second kappa shape index (κ2) is 7.71. The van der Waals surface area contributed by atoms with Gasteiger partial charge in [0.15, 0.2) is 5.78 Å². The number of rotatable bonds is 8. The van der Waals surface area contributed by atoms with Crippen LogP contribution in [0, 0.1) is 6.92 Å². The lowest BCUT2D eigenvalue weighted by Gasteiger charge is -2.08. The second-order valence-electron chi connectivity index (χ2n) is 4.82. The number of allylic oxidation sites excluding steroid dienone is 2. The van der Waals surface area contributed by atoms with Crippen molar-refractivity contribution in [2.45, 2.75) is 32.6 Å². The molecule has 0 radical (unpaired) electrons. The van der Waals surface area contributed by atoms with E-state index in [1.807, 2.05) is 13.0 Å². The van der Waals surface area contributed by atoms with Gasteiger partial charge in [0, 0.05) is 37.7 Å². The number of methoxy groups -OCH3 is 1. The molecule has 0 fully saturated rings. The zero-order valence-corrected chi connectivity index (χ0v) is 12.5. The molecule has 1 heterocycles. The Morgan fingerprint density at radius 1 is 1.48 bits per heavy atom. The zero-order chi connectivity index (χ0) is 15.9. The molecule has 0 saturated carbocycles. The van der Waals surface area contributed by atoms with Gasteiger partial charge in [0.05, 0.1) is 7.11 Å². The molecule has 1 N–H and O–H groups in total. The zero-order valence-electron chi connectivity index (χ0n) is 12.5. The normalized spacial score (nSPS) is 11.7. The fourth-order valence-electron chi connectivity index (χ4n) is 1.65. The molecule has 0 spiro atoms. The Kier molecular flexibility index (Phi) is 6.27. The first-order valence-electron chi connectivity index (χ1n) is 6.66. The average Bonchev–Trinajstić information content (AvgIpc) is 2.40. The standard InChI is InChI=1S/C15H20F2N2O2/c1-11-9-13(21-3)10-14(19-11)18-8-4-5-12(20)6-7-15(2,16)17/h6-7,9-10H,4-5,8H2,1-3H3,(H,18,19)/b7-6+. The smallest absolute Gasteiger partial charge is 0.264 e. The monoisotopic (exact) mass is 298 g/mol. The minimum atomic E-state index is -2.95. The first kappa shape index (κ1) is 17.1. The van der Waals surface area contributed by atoms with E-state index in [-0.39, 0.29) is 12.2 Å². The molecule has 1 rings (SSSR count). The number of nitrogens with one attached hydrogen (secondary N) is 1. The highest BCUT2D eigenvalue weighted by Crippen LogP contribution is 2.17. The molecular formula is C15H20F2N2O2. The van der Waals surface area contributed by atoms with Gasteiger partial charge in [-0.25, -0.2) is 13.8 Å². The van der Waals surface area contributed by atoms with Crippen molar-refractivity contribution in [3.8, 4) is 5.75 Å². The number of pyridine rings is 1. The Morgan fingerprint density at radius 3 is 2.81 bits per heavy atom. The van der Waals surface area contributed by atoms with E-state index in [4.69, 9.17) is 4.74 Å². The molecule has 0 aliphatic carbocycles. The predicted molar refractivity (Wildman–Crippen MR) is 78.0 cm³/mol. The number of ether oxygens (including phenoxy) is 1. The van der Waals surface area contributed by atoms with Gasteiger partial charge in [-0.1, -0.05) is 0 Å². The maximum Gasteiger partial charge on any atom is 0.264 e. The lowest BCUT2D eigenvalue weighted by atomic mass is 10.2. The number of ketones is 1. The van der Waals surface area contributed by atoms with Crippen LogP contribution in [0.3, 0.4) is 0 Å². The highest BCUT2D eigenvalue weighted by molar-refractivity contribution is 5.89. The fraction of sp³-hybridized carbons (Fsp3) is 0.467. The third-order valence-corrected chi connectivity index (χ3v) is 2.63. The largest absolute Gasteiger partial charge is 0.497 e. The van der Waals surface area contributed by atoms with E-state index in [1.54, 1.807) is 13.2 Å². The van der Waals surface area contributed by atoms with E-state index in [2.05, 4.69) is 10.3 Å². The molecule has 0 atom stereocenters. The van der Waals surface area contributed by atoms with Crippen LogP contribution in [0.15, 0.2) is 24.3 Å². The van der Waals surface area contributed by atoms with Crippen molar-refractivity contribution >= 4 is 11.6 Å². The summed E-state index contributed by atoms with van der Waals surface area (Å²) in [4.78, 5) is 15.6. The highest BCUT2D eigenvalue weighted by Gasteiger charge is 2.15. The number of aryl methyl sites for hydroxylation is 1. The summed E-state index contributed by atoms with van der Waals surface area (Å²) in [6.45, 7) is 3.13. The predicted octanol–water partition coefficient (Wildman–Crippen LogP) is 3.37. The van der Waals surface area contributed by atoms with Crippen LogP contribution in [-0.4, -0.2) is 30.3 Å². The molecule has 6 heteroatoms. The van der Waals surface area contributed by atoms with Crippen LogP contribution in [-0.2, 0) is 4.79 Å². The van der Waals surface area contributed by atoms with Gasteiger partial charge in [0.25, 0.3) is 5.92 Å². The van der Waals surface area contributed by atoms with Gasteiger partial charge in [-0.2, -0.15) is 0 Å². The van der Waals surface area contributed by atoms with Crippen LogP contribution in [0.5, 0.6) is 5.75 Å². The van der Waals surface area contributed by atoms with Gasteiger partial charge in [-0.3, -0.25) is 4.79 Å². The molecule has 1 aromatic rings. The number of carbonyl (C=O) groups excluding carboxylic acids is 1. The summed E-state index contributed by atoms with van der Waals surface area (Å²) in [7, 11) is 1.58. The number of anilines is 1. The van der Waals surface area contributed by atoms with Gasteiger partial charge in [-0.05, 0) is 25.5 Å². The SMILES string of the molecule is COc1cc(C)nc(NCCCC(=O)/C=C/C(C)(F)F)c1. The first-order chi connectivity index (χ1) is 9.80. The van der Waals surface area contributed by atoms with E-state index in [0.717, 1.165) is 18.7 Å². The number of halogens is 2. The van der Waals surface area contributed by atoms with Crippen molar-refractivity contribution in [2.24, 2.45) is 0 Å². The molecule has 0 saturated heterocycles. The maximum atomic E-state index is 12.5. The van der Waals surface area contributed by atoms with Crippen molar-refractivity contribution in [1.29, 1.82) is 0 Å². The number of carbonyl (C=O) groups is 1. The summed E-state index contributed by atoms with van der Waals surface area (Å²) < 4.78 is 30.2. The van der Waals surface area contributed by atoms with Crippen LogP contribution in [0.1, 0.15) is 25.5 Å². The summed E-state index contributed by atoms with van der Waals surface area (Å²) in [6, 6.07) is 3.57. The number of aromatic nitrogens is 1. The molecule has 0 aliphatic rings. The summed E-state index contributed by atoms with van der Waals surface area (Å²) in [6.07, 6.45) is 2.31. The van der Waals surface area contributed by atoms with Crippen LogP contribution < -0.4 is 10.1 Å². The van der Waals surface area contributed by atoms with E-state index in [0.29, 0.717) is 30.6 Å². The molecule has 0 amide bonds. The molecule has 0 unspecified atom stereocenters. The Bertz CT molecular complexity index is 511. The van der Waals surface area contributed by atoms with Crippen LogP contribution in [0.2, 0.25) is 0 Å². The quantitative estimate of drug-likeness (QED) is 0.590. The number of hydrogen-bond acceptors (Lipinski definition) is 4. The average molecular weight is 298 g/mol. The maximum absolute atomic E-state index is 12.5. The van der Waals surface area contributed by atoms with Crippen molar-refractivity contribution in [3.63, 3.8) is 0 Å². The minimum Gasteiger partial charge on any atom is -0.497 e. The summed E-state index contributed by atoms with van der Waals surface area (Å²) >= 11 is 0. The Hall–Kier alpha value is -1.98. The van der Waals surface area contributed by atoms with Crippen molar-refractivity contribution < 1.29 is 18.3 Å². The van der Waals surface area contributed by atoms with Crippen LogP contribution in [0.25, 0.3) is 0 Å². The van der Waals surface area contributed by atoms with Gasteiger partial charge < -0.3 is 10.1 Å².